The fourth-order valence-electron chi connectivity index (χ4n) is 0.789. The van der Waals surface area contributed by atoms with E-state index in [4.69, 9.17) is 4.74 Å². The Kier molecular flexibility index (Phi) is 6.37. The fourth-order valence-corrected chi connectivity index (χ4v) is 0.789. The van der Waals surface area contributed by atoms with Crippen LogP contribution in [0.15, 0.2) is 12.7 Å². The molecule has 0 saturated heterocycles. The van der Waals surface area contributed by atoms with E-state index < -0.39 is 24.5 Å². The number of aliphatic hydroxyl groups is 1. The van der Waals surface area contributed by atoms with Gasteiger partial charge in [0.15, 0.2) is 6.10 Å². The van der Waals surface area contributed by atoms with Crippen LogP contribution in [0.5, 0.6) is 0 Å². The molecule has 0 bridgehead atoms. The van der Waals surface area contributed by atoms with Crippen LogP contribution in [0, 0.1) is 0 Å². The summed E-state index contributed by atoms with van der Waals surface area (Å²) in [5.41, 5.74) is 0. The average molecular weight is 216 g/mol. The first-order valence-electron chi connectivity index (χ1n) is 4.62. The molecule has 0 rings (SSSR count). The third-order valence-corrected chi connectivity index (χ3v) is 1.34. The number of carbonyl (C=O) groups is 2. The van der Waals surface area contributed by atoms with E-state index >= 15 is 0 Å². The molecule has 0 aliphatic rings. The number of esters is 2. The lowest BCUT2D eigenvalue weighted by Crippen LogP contribution is -2.27. The van der Waals surface area contributed by atoms with Gasteiger partial charge in [-0.15, -0.1) is 0 Å². The zero-order valence-corrected chi connectivity index (χ0v) is 8.93. The van der Waals surface area contributed by atoms with Gasteiger partial charge in [0, 0.05) is 0 Å². The van der Waals surface area contributed by atoms with Gasteiger partial charge in [0.05, 0.1) is 12.5 Å². The van der Waals surface area contributed by atoms with Crippen LogP contribution in [0.25, 0.3) is 0 Å². The molecule has 0 saturated carbocycles. The molecule has 0 amide bonds. The van der Waals surface area contributed by atoms with E-state index in [1.54, 1.807) is 13.8 Å². The third-order valence-electron chi connectivity index (χ3n) is 1.34. The van der Waals surface area contributed by atoms with Gasteiger partial charge in [0.1, 0.15) is 6.61 Å². The van der Waals surface area contributed by atoms with Crippen LogP contribution in [0.1, 0.15) is 20.3 Å². The summed E-state index contributed by atoms with van der Waals surface area (Å²) in [7, 11) is 0. The Labute approximate surface area is 88.7 Å². The van der Waals surface area contributed by atoms with Crippen molar-refractivity contribution in [1.29, 1.82) is 0 Å². The van der Waals surface area contributed by atoms with Gasteiger partial charge in [0.25, 0.3) is 0 Å². The molecule has 0 aromatic carbocycles. The molecule has 5 heteroatoms. The normalized spacial score (nSPS) is 12.0. The van der Waals surface area contributed by atoms with Crippen LogP contribution in [0.3, 0.4) is 0 Å². The van der Waals surface area contributed by atoms with Gasteiger partial charge in [-0.3, -0.25) is 4.79 Å². The van der Waals surface area contributed by atoms with Gasteiger partial charge in [-0.1, -0.05) is 12.7 Å². The molecule has 0 radical (unpaired) electrons. The Hall–Kier alpha value is -1.36. The molecule has 5 nitrogen and oxygen atoms in total. The van der Waals surface area contributed by atoms with E-state index in [0.717, 1.165) is 0 Å². The van der Waals surface area contributed by atoms with Crippen molar-refractivity contribution in [3.05, 3.63) is 12.7 Å². The quantitative estimate of drug-likeness (QED) is 0.514. The maximum Gasteiger partial charge on any atom is 0.335 e. The number of carbonyl (C=O) groups excluding carboxylic acids is 2. The molecule has 0 spiro atoms. The number of aliphatic hydroxyl groups excluding tert-OH is 1. The maximum absolute atomic E-state index is 11.0. The lowest BCUT2D eigenvalue weighted by molar-refractivity contribution is -0.160. The first-order chi connectivity index (χ1) is 6.97. The Morgan fingerprint density at radius 3 is 2.53 bits per heavy atom. The standard InChI is InChI=1S/C10H16O5/c1-4-5-14-10(13)8(11)6-9(12)15-7(2)3/h4,7-8,11H,1,5-6H2,2-3H3/t8-/m0/s1. The topological polar surface area (TPSA) is 72.8 Å². The molecular weight excluding hydrogens is 200 g/mol. The van der Waals surface area contributed by atoms with Gasteiger partial charge in [-0.25, -0.2) is 4.79 Å². The predicted molar refractivity (Wildman–Crippen MR) is 53.0 cm³/mol. The highest BCUT2D eigenvalue weighted by Crippen LogP contribution is 2.00. The largest absolute Gasteiger partial charge is 0.463 e. The second-order valence-corrected chi connectivity index (χ2v) is 3.18. The van der Waals surface area contributed by atoms with E-state index in [-0.39, 0.29) is 12.7 Å². The van der Waals surface area contributed by atoms with Crippen molar-refractivity contribution >= 4 is 11.9 Å². The molecule has 0 aromatic heterocycles. The van der Waals surface area contributed by atoms with E-state index in [1.165, 1.54) is 6.08 Å². The summed E-state index contributed by atoms with van der Waals surface area (Å²) in [5, 5.41) is 9.22. The lowest BCUT2D eigenvalue weighted by atomic mass is 10.2. The van der Waals surface area contributed by atoms with E-state index in [0.29, 0.717) is 0 Å². The molecular formula is C10H16O5. The van der Waals surface area contributed by atoms with Crippen molar-refractivity contribution in [3.8, 4) is 0 Å². The number of hydrogen-bond acceptors (Lipinski definition) is 5. The van der Waals surface area contributed by atoms with Crippen molar-refractivity contribution in [1.82, 2.24) is 0 Å². The van der Waals surface area contributed by atoms with Crippen LogP contribution in [-0.4, -0.2) is 35.9 Å². The molecule has 1 N–H and O–H groups in total. The highest BCUT2D eigenvalue weighted by atomic mass is 16.6. The van der Waals surface area contributed by atoms with Crippen LogP contribution in [-0.2, 0) is 19.1 Å². The Bertz CT molecular complexity index is 234. The summed E-state index contributed by atoms with van der Waals surface area (Å²) in [6, 6.07) is 0. The molecule has 0 fully saturated rings. The first-order valence-corrected chi connectivity index (χ1v) is 4.62. The first kappa shape index (κ1) is 13.6. The smallest absolute Gasteiger partial charge is 0.335 e. The van der Waals surface area contributed by atoms with E-state index in [1.807, 2.05) is 0 Å². The van der Waals surface area contributed by atoms with E-state index in [9.17, 15) is 14.7 Å². The van der Waals surface area contributed by atoms with Crippen molar-refractivity contribution in [3.63, 3.8) is 0 Å². The van der Waals surface area contributed by atoms with Crippen LogP contribution in [0.2, 0.25) is 0 Å². The van der Waals surface area contributed by atoms with Crippen molar-refractivity contribution in [2.24, 2.45) is 0 Å². The maximum atomic E-state index is 11.0. The van der Waals surface area contributed by atoms with Crippen molar-refractivity contribution < 1.29 is 24.2 Å². The lowest BCUT2D eigenvalue weighted by Gasteiger charge is -2.11. The SMILES string of the molecule is C=CCOC(=O)[C@@H](O)CC(=O)OC(C)C. The number of hydrogen-bond donors (Lipinski definition) is 1. The van der Waals surface area contributed by atoms with Crippen molar-refractivity contribution in [2.75, 3.05) is 6.61 Å². The summed E-state index contributed by atoms with van der Waals surface area (Å²) in [4.78, 5) is 22.0. The Morgan fingerprint density at radius 1 is 1.47 bits per heavy atom. The average Bonchev–Trinajstić information content (AvgIpc) is 2.12. The minimum Gasteiger partial charge on any atom is -0.463 e. The fraction of sp³-hybridized carbons (Fsp3) is 0.600. The zero-order valence-electron chi connectivity index (χ0n) is 8.93. The van der Waals surface area contributed by atoms with Gasteiger partial charge in [-0.2, -0.15) is 0 Å². The molecule has 15 heavy (non-hydrogen) atoms. The minimum atomic E-state index is -1.48. The molecule has 0 aromatic rings. The van der Waals surface area contributed by atoms with Gasteiger partial charge in [0.2, 0.25) is 0 Å². The van der Waals surface area contributed by atoms with Gasteiger partial charge < -0.3 is 14.6 Å². The predicted octanol–water partition coefficient (Wildman–Crippen LogP) is 0.418. The summed E-state index contributed by atoms with van der Waals surface area (Å²) in [6.07, 6.45) is -0.768. The molecule has 0 aliphatic carbocycles. The summed E-state index contributed by atoms with van der Waals surface area (Å²) in [5.74, 6) is -1.48. The monoisotopic (exact) mass is 216 g/mol. The van der Waals surface area contributed by atoms with E-state index in [2.05, 4.69) is 11.3 Å². The Balaban J connectivity index is 3.90. The third kappa shape index (κ3) is 6.68. The van der Waals surface area contributed by atoms with Crippen LogP contribution in [0.4, 0.5) is 0 Å². The Morgan fingerprint density at radius 2 is 2.07 bits per heavy atom. The molecule has 0 heterocycles. The van der Waals surface area contributed by atoms with Crippen LogP contribution < -0.4 is 0 Å². The number of ether oxygens (including phenoxy) is 2. The van der Waals surface area contributed by atoms with Crippen molar-refractivity contribution in [2.45, 2.75) is 32.5 Å². The highest BCUT2D eigenvalue weighted by Gasteiger charge is 2.21. The molecule has 0 unspecified atom stereocenters. The minimum absolute atomic E-state index is 0.00905. The van der Waals surface area contributed by atoms with Gasteiger partial charge >= 0.3 is 11.9 Å². The highest BCUT2D eigenvalue weighted by molar-refractivity contribution is 5.81. The summed E-state index contributed by atoms with van der Waals surface area (Å²) >= 11 is 0. The van der Waals surface area contributed by atoms with Crippen LogP contribution >= 0.6 is 0 Å². The molecule has 86 valence electrons. The second-order valence-electron chi connectivity index (χ2n) is 3.18. The molecule has 1 atom stereocenters. The summed E-state index contributed by atoms with van der Waals surface area (Å²) < 4.78 is 9.29. The van der Waals surface area contributed by atoms with Gasteiger partial charge in [-0.05, 0) is 13.8 Å². The second kappa shape index (κ2) is 7.00. The molecule has 0 aliphatic heterocycles. The zero-order chi connectivity index (χ0) is 11.8. The summed E-state index contributed by atoms with van der Waals surface area (Å²) in [6.45, 7) is 6.71. The number of rotatable bonds is 6.